The average molecular weight is 357 g/mol. The second-order valence-corrected chi connectivity index (χ2v) is 6.05. The molecule has 1 aliphatic heterocycles. The zero-order valence-electron chi connectivity index (χ0n) is 14.2. The van der Waals surface area contributed by atoms with Crippen molar-refractivity contribution in [3.63, 3.8) is 0 Å². The maximum absolute atomic E-state index is 12.2. The van der Waals surface area contributed by atoms with Gasteiger partial charge in [0.25, 0.3) is 5.91 Å². The SMILES string of the molecule is COc1ccc(C2CCOCC2)c2nc(NC(=O)c3nc(N)n[nH]3)[nH]c12. The van der Waals surface area contributed by atoms with Crippen molar-refractivity contribution in [3.05, 3.63) is 23.5 Å². The monoisotopic (exact) mass is 357 g/mol. The molecule has 3 heterocycles. The summed E-state index contributed by atoms with van der Waals surface area (Å²) in [5.41, 5.74) is 8.06. The summed E-state index contributed by atoms with van der Waals surface area (Å²) in [7, 11) is 1.60. The largest absolute Gasteiger partial charge is 0.494 e. The minimum atomic E-state index is -0.486. The third-order valence-electron chi connectivity index (χ3n) is 4.47. The fraction of sp³-hybridized carbons (Fsp3) is 0.375. The molecule has 4 rings (SSSR count). The normalized spacial score (nSPS) is 15.3. The summed E-state index contributed by atoms with van der Waals surface area (Å²) in [6, 6.07) is 3.94. The van der Waals surface area contributed by atoms with Crippen molar-refractivity contribution in [2.45, 2.75) is 18.8 Å². The summed E-state index contributed by atoms with van der Waals surface area (Å²) in [6.45, 7) is 1.47. The highest BCUT2D eigenvalue weighted by atomic mass is 16.5. The van der Waals surface area contributed by atoms with E-state index < -0.39 is 5.91 Å². The lowest BCUT2D eigenvalue weighted by Crippen LogP contribution is -2.15. The Labute approximate surface area is 148 Å². The van der Waals surface area contributed by atoms with Gasteiger partial charge in [0.05, 0.1) is 12.6 Å². The molecule has 0 saturated carbocycles. The molecule has 10 heteroatoms. The number of nitrogens with one attached hydrogen (secondary N) is 3. The Morgan fingerprint density at radius 1 is 1.35 bits per heavy atom. The first-order chi connectivity index (χ1) is 12.7. The fourth-order valence-electron chi connectivity index (χ4n) is 3.20. The first-order valence-corrected chi connectivity index (χ1v) is 8.29. The molecule has 136 valence electrons. The van der Waals surface area contributed by atoms with E-state index in [-0.39, 0.29) is 11.8 Å². The van der Waals surface area contributed by atoms with E-state index in [2.05, 4.69) is 30.5 Å². The number of hydrogen-bond acceptors (Lipinski definition) is 7. The number of fused-ring (bicyclic) bond motifs is 1. The number of amides is 1. The Bertz CT molecular complexity index is 943. The maximum Gasteiger partial charge on any atom is 0.295 e. The number of anilines is 2. The molecular weight excluding hydrogens is 338 g/mol. The van der Waals surface area contributed by atoms with Crippen LogP contribution in [0.25, 0.3) is 11.0 Å². The van der Waals surface area contributed by atoms with Gasteiger partial charge in [-0.1, -0.05) is 6.07 Å². The standard InChI is InChI=1S/C16H19N7O3/c1-25-10-3-2-9(8-4-6-26-7-5-8)11-12(10)19-16(18-11)21-14(24)13-20-15(17)23-22-13/h2-3,8H,4-7H2,1H3,(H3,17,20,22,23)(H2,18,19,21,24). The smallest absolute Gasteiger partial charge is 0.295 e. The van der Waals surface area contributed by atoms with Crippen LogP contribution < -0.4 is 15.8 Å². The zero-order chi connectivity index (χ0) is 18.1. The summed E-state index contributed by atoms with van der Waals surface area (Å²) in [5, 5.41) is 8.78. The minimum absolute atomic E-state index is 0.00299. The molecule has 1 aromatic carbocycles. The Morgan fingerprint density at radius 3 is 2.85 bits per heavy atom. The summed E-state index contributed by atoms with van der Waals surface area (Å²) >= 11 is 0. The molecule has 0 spiro atoms. The number of nitrogens with two attached hydrogens (primary N) is 1. The van der Waals surface area contributed by atoms with E-state index in [1.165, 1.54) is 0 Å². The molecule has 0 aliphatic carbocycles. The first kappa shape index (κ1) is 16.3. The highest BCUT2D eigenvalue weighted by Gasteiger charge is 2.22. The third-order valence-corrected chi connectivity index (χ3v) is 4.47. The van der Waals surface area contributed by atoms with Gasteiger partial charge in [-0.3, -0.25) is 15.2 Å². The quantitative estimate of drug-likeness (QED) is 0.552. The van der Waals surface area contributed by atoms with Crippen molar-refractivity contribution < 1.29 is 14.3 Å². The molecular formula is C16H19N7O3. The average Bonchev–Trinajstić information content (AvgIpc) is 3.27. The van der Waals surface area contributed by atoms with Gasteiger partial charge in [0, 0.05) is 13.2 Å². The highest BCUT2D eigenvalue weighted by Crippen LogP contribution is 2.35. The van der Waals surface area contributed by atoms with Gasteiger partial charge >= 0.3 is 0 Å². The summed E-state index contributed by atoms with van der Waals surface area (Å²) in [6.07, 6.45) is 1.88. The lowest BCUT2D eigenvalue weighted by Gasteiger charge is -2.22. The summed E-state index contributed by atoms with van der Waals surface area (Å²) < 4.78 is 10.9. The molecule has 0 atom stereocenters. The molecule has 1 saturated heterocycles. The van der Waals surface area contributed by atoms with Crippen LogP contribution in [0.15, 0.2) is 12.1 Å². The van der Waals surface area contributed by atoms with Gasteiger partial charge < -0.3 is 20.2 Å². The molecule has 26 heavy (non-hydrogen) atoms. The van der Waals surface area contributed by atoms with Gasteiger partial charge in [-0.2, -0.15) is 4.98 Å². The second-order valence-electron chi connectivity index (χ2n) is 6.05. The van der Waals surface area contributed by atoms with Crippen LogP contribution in [0.1, 0.15) is 34.9 Å². The molecule has 10 nitrogen and oxygen atoms in total. The number of benzene rings is 1. The lowest BCUT2D eigenvalue weighted by molar-refractivity contribution is 0.0856. The second kappa shape index (κ2) is 6.64. The van der Waals surface area contributed by atoms with E-state index in [1.54, 1.807) is 7.11 Å². The first-order valence-electron chi connectivity index (χ1n) is 8.29. The van der Waals surface area contributed by atoms with E-state index in [4.69, 9.17) is 15.2 Å². The van der Waals surface area contributed by atoms with Gasteiger partial charge in [-0.25, -0.2) is 4.98 Å². The predicted molar refractivity (Wildman–Crippen MR) is 94.2 cm³/mol. The number of ether oxygens (including phenoxy) is 2. The molecule has 1 aliphatic rings. The number of aromatic nitrogens is 5. The van der Waals surface area contributed by atoms with Crippen LogP contribution in [0.4, 0.5) is 11.9 Å². The van der Waals surface area contributed by atoms with Crippen LogP contribution in [-0.2, 0) is 4.74 Å². The van der Waals surface area contributed by atoms with E-state index >= 15 is 0 Å². The molecule has 1 amide bonds. The van der Waals surface area contributed by atoms with E-state index in [0.717, 1.165) is 42.7 Å². The molecule has 0 unspecified atom stereocenters. The number of nitrogen functional groups attached to an aromatic ring is 1. The van der Waals surface area contributed by atoms with Crippen molar-refractivity contribution in [2.75, 3.05) is 31.4 Å². The van der Waals surface area contributed by atoms with Crippen LogP contribution >= 0.6 is 0 Å². The Morgan fingerprint density at radius 2 is 2.15 bits per heavy atom. The van der Waals surface area contributed by atoms with Gasteiger partial charge in [0.1, 0.15) is 11.3 Å². The van der Waals surface area contributed by atoms with Crippen LogP contribution in [0.2, 0.25) is 0 Å². The number of hydrogen-bond donors (Lipinski definition) is 4. The van der Waals surface area contributed by atoms with E-state index in [1.807, 2.05) is 12.1 Å². The predicted octanol–water partition coefficient (Wildman–Crippen LogP) is 1.42. The zero-order valence-corrected chi connectivity index (χ0v) is 14.2. The molecule has 1 fully saturated rings. The van der Waals surface area contributed by atoms with Gasteiger partial charge in [-0.15, -0.1) is 5.10 Å². The summed E-state index contributed by atoms with van der Waals surface area (Å²) in [5.74, 6) is 0.853. The topological polar surface area (TPSA) is 144 Å². The number of carbonyl (C=O) groups is 1. The number of H-pyrrole nitrogens is 2. The van der Waals surface area contributed by atoms with Crippen molar-refractivity contribution in [2.24, 2.45) is 0 Å². The molecule has 3 aromatic rings. The molecule has 5 N–H and O–H groups in total. The fourth-order valence-corrected chi connectivity index (χ4v) is 3.20. The van der Waals surface area contributed by atoms with Crippen LogP contribution in [-0.4, -0.2) is 51.4 Å². The number of imidazole rings is 1. The number of rotatable bonds is 4. The van der Waals surface area contributed by atoms with Crippen molar-refractivity contribution in [1.29, 1.82) is 0 Å². The number of aromatic amines is 2. The van der Waals surface area contributed by atoms with Crippen molar-refractivity contribution in [1.82, 2.24) is 25.1 Å². The Kier molecular flexibility index (Phi) is 4.17. The van der Waals surface area contributed by atoms with Crippen LogP contribution in [0, 0.1) is 0 Å². The maximum atomic E-state index is 12.2. The van der Waals surface area contributed by atoms with Crippen LogP contribution in [0.5, 0.6) is 5.75 Å². The summed E-state index contributed by atoms with van der Waals surface area (Å²) in [4.78, 5) is 23.7. The lowest BCUT2D eigenvalue weighted by atomic mass is 9.90. The third kappa shape index (κ3) is 2.94. The van der Waals surface area contributed by atoms with Gasteiger partial charge in [0.2, 0.25) is 17.7 Å². The Balaban J connectivity index is 1.69. The van der Waals surface area contributed by atoms with Crippen molar-refractivity contribution >= 4 is 28.8 Å². The van der Waals surface area contributed by atoms with E-state index in [0.29, 0.717) is 17.6 Å². The minimum Gasteiger partial charge on any atom is -0.494 e. The van der Waals surface area contributed by atoms with Gasteiger partial charge in [0.15, 0.2) is 0 Å². The number of carbonyl (C=O) groups excluding carboxylic acids is 1. The highest BCUT2D eigenvalue weighted by molar-refractivity contribution is 6.01. The van der Waals surface area contributed by atoms with Crippen LogP contribution in [0.3, 0.4) is 0 Å². The number of nitrogens with zero attached hydrogens (tertiary/aromatic N) is 3. The molecule has 2 aromatic heterocycles. The van der Waals surface area contributed by atoms with E-state index in [9.17, 15) is 4.79 Å². The number of methoxy groups -OCH3 is 1. The van der Waals surface area contributed by atoms with Crippen molar-refractivity contribution in [3.8, 4) is 5.75 Å². The molecule has 0 bridgehead atoms. The van der Waals surface area contributed by atoms with Gasteiger partial charge in [-0.05, 0) is 30.4 Å². The Hall–Kier alpha value is -3.14. The molecule has 0 radical (unpaired) electrons.